The van der Waals surface area contributed by atoms with Gasteiger partial charge in [-0.2, -0.15) is 0 Å². The van der Waals surface area contributed by atoms with Crippen molar-refractivity contribution in [3.8, 4) is 22.1 Å². The molecule has 6 nitrogen and oxygen atoms in total. The predicted molar refractivity (Wildman–Crippen MR) is 125 cm³/mol. The number of aromatic nitrogens is 1. The van der Waals surface area contributed by atoms with Crippen molar-refractivity contribution >= 4 is 34.5 Å². The number of carbonyl (C=O) groups excluding carboxylic acids is 1. The number of thiazole rings is 1. The fraction of sp³-hybridized carbons (Fsp3) is 0.304. The Bertz CT molecular complexity index is 1090. The molecule has 0 unspecified atom stereocenters. The van der Waals surface area contributed by atoms with Crippen LogP contribution in [-0.4, -0.2) is 56.2 Å². The van der Waals surface area contributed by atoms with Crippen molar-refractivity contribution in [1.29, 1.82) is 0 Å². The highest BCUT2D eigenvalue weighted by Crippen LogP contribution is 2.35. The van der Waals surface area contributed by atoms with Gasteiger partial charge in [0.1, 0.15) is 9.88 Å². The van der Waals surface area contributed by atoms with Crippen LogP contribution < -0.4 is 14.4 Å². The number of amides is 1. The normalized spacial score (nSPS) is 13.9. The number of methoxy groups -OCH3 is 2. The van der Waals surface area contributed by atoms with Gasteiger partial charge in [0.05, 0.1) is 30.6 Å². The van der Waals surface area contributed by atoms with Gasteiger partial charge >= 0.3 is 0 Å². The Kier molecular flexibility index (Phi) is 6.34. The number of para-hydroxylation sites is 1. The van der Waals surface area contributed by atoms with Gasteiger partial charge in [0.25, 0.3) is 5.91 Å². The third-order valence-corrected chi connectivity index (χ3v) is 6.90. The SMILES string of the molecule is COc1ccc(-c2nc(C)c(C(=O)N3CCN(c4ccccc4Cl)CC3)s2)cc1OC. The maximum Gasteiger partial charge on any atom is 0.265 e. The lowest BCUT2D eigenvalue weighted by atomic mass is 10.2. The van der Waals surface area contributed by atoms with Crippen LogP contribution in [0.5, 0.6) is 11.5 Å². The van der Waals surface area contributed by atoms with Crippen molar-refractivity contribution in [1.82, 2.24) is 9.88 Å². The average molecular weight is 458 g/mol. The van der Waals surface area contributed by atoms with Crippen LogP contribution >= 0.6 is 22.9 Å². The standard InChI is InChI=1S/C23H24ClN3O3S/c1-15-21(31-22(25-15)16-8-9-19(29-2)20(14-16)30-3)23(28)27-12-10-26(11-13-27)18-7-5-4-6-17(18)24/h4-9,14H,10-13H2,1-3H3. The topological polar surface area (TPSA) is 54.9 Å². The molecule has 1 aliphatic heterocycles. The van der Waals surface area contributed by atoms with Gasteiger partial charge in [-0.3, -0.25) is 4.79 Å². The van der Waals surface area contributed by atoms with Gasteiger partial charge in [-0.05, 0) is 37.3 Å². The molecule has 0 aliphatic carbocycles. The van der Waals surface area contributed by atoms with Crippen molar-refractivity contribution in [2.75, 3.05) is 45.3 Å². The average Bonchev–Trinajstić information content (AvgIpc) is 3.20. The van der Waals surface area contributed by atoms with Crippen LogP contribution in [0.1, 0.15) is 15.4 Å². The molecule has 1 aromatic heterocycles. The van der Waals surface area contributed by atoms with Gasteiger partial charge in [-0.1, -0.05) is 23.7 Å². The molecule has 2 heterocycles. The minimum absolute atomic E-state index is 0.0283. The lowest BCUT2D eigenvalue weighted by Gasteiger charge is -2.36. The zero-order chi connectivity index (χ0) is 22.0. The number of nitrogens with zero attached hydrogens (tertiary/aromatic N) is 3. The van der Waals surface area contributed by atoms with Crippen LogP contribution in [0.4, 0.5) is 5.69 Å². The number of rotatable bonds is 5. The van der Waals surface area contributed by atoms with Gasteiger partial charge in [0, 0.05) is 31.7 Å². The van der Waals surface area contributed by atoms with E-state index in [1.807, 2.05) is 54.3 Å². The van der Waals surface area contributed by atoms with Gasteiger partial charge in [0.2, 0.25) is 0 Å². The molecule has 1 fully saturated rings. The summed E-state index contributed by atoms with van der Waals surface area (Å²) in [6.07, 6.45) is 0. The zero-order valence-corrected chi connectivity index (χ0v) is 19.3. The number of ether oxygens (including phenoxy) is 2. The summed E-state index contributed by atoms with van der Waals surface area (Å²) in [6, 6.07) is 13.5. The minimum Gasteiger partial charge on any atom is -0.493 e. The second-order valence-electron chi connectivity index (χ2n) is 7.23. The molecule has 0 bridgehead atoms. The second-order valence-corrected chi connectivity index (χ2v) is 8.64. The zero-order valence-electron chi connectivity index (χ0n) is 17.7. The first-order valence-electron chi connectivity index (χ1n) is 10.0. The molecule has 4 rings (SSSR count). The Morgan fingerprint density at radius 2 is 1.74 bits per heavy atom. The maximum atomic E-state index is 13.2. The van der Waals surface area contributed by atoms with E-state index >= 15 is 0 Å². The molecule has 162 valence electrons. The summed E-state index contributed by atoms with van der Waals surface area (Å²) in [5.41, 5.74) is 2.66. The highest BCUT2D eigenvalue weighted by Gasteiger charge is 2.26. The first kappa shape index (κ1) is 21.5. The van der Waals surface area contributed by atoms with E-state index in [-0.39, 0.29) is 5.91 Å². The molecule has 2 aromatic carbocycles. The van der Waals surface area contributed by atoms with Gasteiger partial charge in [0.15, 0.2) is 11.5 Å². The molecule has 0 spiro atoms. The number of piperazine rings is 1. The molecule has 0 N–H and O–H groups in total. The number of hydrogen-bond donors (Lipinski definition) is 0. The van der Waals surface area contributed by atoms with Crippen LogP contribution in [0, 0.1) is 6.92 Å². The number of hydrogen-bond acceptors (Lipinski definition) is 6. The number of aryl methyl sites for hydroxylation is 1. The van der Waals surface area contributed by atoms with Gasteiger partial charge in [-0.15, -0.1) is 11.3 Å². The van der Waals surface area contributed by atoms with Crippen LogP contribution in [0.3, 0.4) is 0 Å². The summed E-state index contributed by atoms with van der Waals surface area (Å²) >= 11 is 7.74. The molecule has 0 atom stereocenters. The van der Waals surface area contributed by atoms with Crippen LogP contribution in [0.2, 0.25) is 5.02 Å². The maximum absolute atomic E-state index is 13.2. The molecule has 1 amide bonds. The van der Waals surface area contributed by atoms with E-state index in [4.69, 9.17) is 21.1 Å². The van der Waals surface area contributed by atoms with Crippen molar-refractivity contribution in [3.05, 3.63) is 58.1 Å². The number of anilines is 1. The summed E-state index contributed by atoms with van der Waals surface area (Å²) in [6.45, 7) is 4.67. The highest BCUT2D eigenvalue weighted by atomic mass is 35.5. The Balaban J connectivity index is 1.49. The fourth-order valence-electron chi connectivity index (χ4n) is 3.69. The Labute approximate surface area is 191 Å². The molecule has 8 heteroatoms. The first-order valence-corrected chi connectivity index (χ1v) is 11.2. The van der Waals surface area contributed by atoms with E-state index in [1.54, 1.807) is 14.2 Å². The van der Waals surface area contributed by atoms with Crippen molar-refractivity contribution < 1.29 is 14.3 Å². The fourth-order valence-corrected chi connectivity index (χ4v) is 4.98. The molecule has 1 saturated heterocycles. The smallest absolute Gasteiger partial charge is 0.265 e. The van der Waals surface area contributed by atoms with Crippen LogP contribution in [0.15, 0.2) is 42.5 Å². The van der Waals surface area contributed by atoms with E-state index in [1.165, 1.54) is 11.3 Å². The van der Waals surface area contributed by atoms with E-state index in [0.717, 1.165) is 40.1 Å². The van der Waals surface area contributed by atoms with Crippen molar-refractivity contribution in [2.45, 2.75) is 6.92 Å². The summed E-state index contributed by atoms with van der Waals surface area (Å²) in [7, 11) is 3.21. The summed E-state index contributed by atoms with van der Waals surface area (Å²) in [5.74, 6) is 1.32. The monoisotopic (exact) mass is 457 g/mol. The molecule has 0 saturated carbocycles. The lowest BCUT2D eigenvalue weighted by Crippen LogP contribution is -2.48. The minimum atomic E-state index is 0.0283. The van der Waals surface area contributed by atoms with Crippen molar-refractivity contribution in [3.63, 3.8) is 0 Å². The van der Waals surface area contributed by atoms with Gasteiger partial charge < -0.3 is 19.3 Å². The van der Waals surface area contributed by atoms with Crippen molar-refractivity contribution in [2.24, 2.45) is 0 Å². The summed E-state index contributed by atoms with van der Waals surface area (Å²) in [5, 5.41) is 1.52. The molecular formula is C23H24ClN3O3S. The van der Waals surface area contributed by atoms with Crippen LogP contribution in [-0.2, 0) is 0 Å². The third kappa shape index (κ3) is 4.34. The third-order valence-electron chi connectivity index (χ3n) is 5.38. The number of halogens is 1. The molecule has 0 radical (unpaired) electrons. The Morgan fingerprint density at radius 3 is 2.42 bits per heavy atom. The molecule has 3 aromatic rings. The van der Waals surface area contributed by atoms with E-state index in [9.17, 15) is 4.79 Å². The van der Waals surface area contributed by atoms with E-state index < -0.39 is 0 Å². The van der Waals surface area contributed by atoms with Crippen LogP contribution in [0.25, 0.3) is 10.6 Å². The Morgan fingerprint density at radius 1 is 1.03 bits per heavy atom. The molecule has 1 aliphatic rings. The quantitative estimate of drug-likeness (QED) is 0.553. The molecular weight excluding hydrogens is 434 g/mol. The number of carbonyl (C=O) groups is 1. The second kappa shape index (κ2) is 9.16. The summed E-state index contributed by atoms with van der Waals surface area (Å²) < 4.78 is 10.7. The lowest BCUT2D eigenvalue weighted by molar-refractivity contribution is 0.0750. The van der Waals surface area contributed by atoms with Gasteiger partial charge in [-0.25, -0.2) is 4.98 Å². The predicted octanol–water partition coefficient (Wildman–Crippen LogP) is 4.75. The largest absolute Gasteiger partial charge is 0.493 e. The number of benzene rings is 2. The van der Waals surface area contributed by atoms with E-state index in [0.29, 0.717) is 29.5 Å². The molecule has 31 heavy (non-hydrogen) atoms. The highest BCUT2D eigenvalue weighted by molar-refractivity contribution is 7.17. The van der Waals surface area contributed by atoms with E-state index in [2.05, 4.69) is 9.88 Å². The first-order chi connectivity index (χ1) is 15.0. The summed E-state index contributed by atoms with van der Waals surface area (Å²) in [4.78, 5) is 22.6. The Hall–Kier alpha value is -2.77.